The lowest BCUT2D eigenvalue weighted by Gasteiger charge is -2.16. The van der Waals surface area contributed by atoms with E-state index in [1.165, 1.54) is 23.9 Å². The highest BCUT2D eigenvalue weighted by Crippen LogP contribution is 2.35. The topological polar surface area (TPSA) is 55.8 Å². The van der Waals surface area contributed by atoms with E-state index in [0.717, 1.165) is 16.0 Å². The zero-order chi connectivity index (χ0) is 23.8. The minimum absolute atomic E-state index is 0.263. The number of benzene rings is 3. The van der Waals surface area contributed by atoms with Crippen LogP contribution >= 0.6 is 11.8 Å². The van der Waals surface area contributed by atoms with E-state index in [1.807, 2.05) is 55.5 Å². The third-order valence-corrected chi connectivity index (χ3v) is 5.44. The molecule has 172 valence electrons. The first-order valence-corrected chi connectivity index (χ1v) is 10.9. The van der Waals surface area contributed by atoms with Crippen molar-refractivity contribution in [2.24, 2.45) is 0 Å². The number of para-hydroxylation sites is 1. The number of aliphatic carboxylic acids is 1. The molecule has 0 saturated carbocycles. The average Bonchev–Trinajstić information content (AvgIpc) is 2.76. The lowest BCUT2D eigenvalue weighted by Crippen LogP contribution is -2.18. The smallest absolute Gasteiger partial charge is 0.482 e. The first kappa shape index (κ1) is 24.3. The summed E-state index contributed by atoms with van der Waals surface area (Å²) in [6.45, 7) is 1.40. The highest BCUT2D eigenvalue weighted by molar-refractivity contribution is 7.99. The first-order chi connectivity index (χ1) is 15.7. The van der Waals surface area contributed by atoms with Crippen LogP contribution in [0.15, 0.2) is 83.8 Å². The minimum atomic E-state index is -4.80. The standard InChI is InChI=1S/C25H21F3O4S/c1-17-15-19(11-12-22(17)31-16-24(29)30)33-14-13-20(18-7-3-2-4-8-18)21-9-5-6-10-23(21)32-25(26,27)28/h2-13,15H,14,16H2,1H3,(H,29,30)/b20-13-. The fraction of sp³-hybridized carbons (Fsp3) is 0.160. The van der Waals surface area contributed by atoms with Crippen molar-refractivity contribution in [1.82, 2.24) is 0 Å². The number of rotatable bonds is 9. The van der Waals surface area contributed by atoms with E-state index in [2.05, 4.69) is 4.74 Å². The molecule has 0 spiro atoms. The number of hydrogen-bond donors (Lipinski definition) is 1. The Labute approximate surface area is 193 Å². The van der Waals surface area contributed by atoms with E-state index in [0.29, 0.717) is 22.6 Å². The zero-order valence-corrected chi connectivity index (χ0v) is 18.5. The van der Waals surface area contributed by atoms with Crippen LogP contribution in [-0.2, 0) is 4.79 Å². The van der Waals surface area contributed by atoms with Crippen molar-refractivity contribution in [1.29, 1.82) is 0 Å². The summed E-state index contributed by atoms with van der Waals surface area (Å²) in [7, 11) is 0. The number of aryl methyl sites for hydroxylation is 1. The van der Waals surface area contributed by atoms with Gasteiger partial charge in [-0.15, -0.1) is 24.9 Å². The molecule has 1 N–H and O–H groups in total. The monoisotopic (exact) mass is 474 g/mol. The van der Waals surface area contributed by atoms with Gasteiger partial charge in [0.1, 0.15) is 11.5 Å². The molecule has 3 aromatic carbocycles. The molecule has 4 nitrogen and oxygen atoms in total. The van der Waals surface area contributed by atoms with Crippen molar-refractivity contribution in [3.8, 4) is 11.5 Å². The molecule has 0 aliphatic carbocycles. The van der Waals surface area contributed by atoms with Crippen LogP contribution in [0.5, 0.6) is 11.5 Å². The van der Waals surface area contributed by atoms with E-state index in [4.69, 9.17) is 9.84 Å². The van der Waals surface area contributed by atoms with Gasteiger partial charge in [-0.25, -0.2) is 4.79 Å². The Morgan fingerprint density at radius 2 is 1.70 bits per heavy atom. The number of halogens is 3. The van der Waals surface area contributed by atoms with Gasteiger partial charge in [0.2, 0.25) is 0 Å². The molecule has 0 aliphatic rings. The lowest BCUT2D eigenvalue weighted by molar-refractivity contribution is -0.274. The van der Waals surface area contributed by atoms with E-state index < -0.39 is 18.9 Å². The zero-order valence-electron chi connectivity index (χ0n) is 17.6. The van der Waals surface area contributed by atoms with Crippen LogP contribution in [0, 0.1) is 6.92 Å². The van der Waals surface area contributed by atoms with Crippen LogP contribution in [0.4, 0.5) is 13.2 Å². The molecule has 0 radical (unpaired) electrons. The van der Waals surface area contributed by atoms with Crippen molar-refractivity contribution >= 4 is 23.3 Å². The van der Waals surface area contributed by atoms with E-state index in [-0.39, 0.29) is 5.75 Å². The van der Waals surface area contributed by atoms with Crippen molar-refractivity contribution < 1.29 is 32.5 Å². The number of carbonyl (C=O) groups is 1. The van der Waals surface area contributed by atoms with Crippen molar-refractivity contribution in [2.45, 2.75) is 18.2 Å². The van der Waals surface area contributed by atoms with Gasteiger partial charge in [0.05, 0.1) is 0 Å². The van der Waals surface area contributed by atoms with Gasteiger partial charge in [-0.2, -0.15) is 0 Å². The summed E-state index contributed by atoms with van der Waals surface area (Å²) >= 11 is 1.49. The van der Waals surface area contributed by atoms with Gasteiger partial charge in [0, 0.05) is 16.2 Å². The maximum absolute atomic E-state index is 12.9. The Morgan fingerprint density at radius 3 is 2.36 bits per heavy atom. The van der Waals surface area contributed by atoms with Crippen LogP contribution in [0.1, 0.15) is 16.7 Å². The molecule has 0 unspecified atom stereocenters. The average molecular weight is 475 g/mol. The molecule has 0 bridgehead atoms. The number of hydrogen-bond acceptors (Lipinski definition) is 4. The summed E-state index contributed by atoms with van der Waals surface area (Å²) in [5, 5.41) is 8.75. The Morgan fingerprint density at radius 1 is 1.00 bits per heavy atom. The third kappa shape index (κ3) is 7.32. The summed E-state index contributed by atoms with van der Waals surface area (Å²) in [5.74, 6) is -0.345. The third-order valence-electron chi connectivity index (χ3n) is 4.52. The highest BCUT2D eigenvalue weighted by atomic mass is 32.2. The van der Waals surface area contributed by atoms with Crippen molar-refractivity contribution in [2.75, 3.05) is 12.4 Å². The van der Waals surface area contributed by atoms with Gasteiger partial charge in [-0.3, -0.25) is 0 Å². The Bertz CT molecular complexity index is 1130. The maximum atomic E-state index is 12.9. The Balaban J connectivity index is 1.85. The van der Waals surface area contributed by atoms with E-state index in [1.54, 1.807) is 18.2 Å². The minimum Gasteiger partial charge on any atom is -0.482 e. The number of carboxylic acids is 1. The predicted molar refractivity (Wildman–Crippen MR) is 122 cm³/mol. The lowest BCUT2D eigenvalue weighted by atomic mass is 9.97. The summed E-state index contributed by atoms with van der Waals surface area (Å²) in [4.78, 5) is 11.6. The Hall–Kier alpha value is -3.39. The van der Waals surface area contributed by atoms with Gasteiger partial charge in [0.25, 0.3) is 0 Å². The van der Waals surface area contributed by atoms with E-state index >= 15 is 0 Å². The summed E-state index contributed by atoms with van der Waals surface area (Å²) in [5.41, 5.74) is 2.53. The van der Waals surface area contributed by atoms with Gasteiger partial charge in [0.15, 0.2) is 6.61 Å². The molecule has 33 heavy (non-hydrogen) atoms. The van der Waals surface area contributed by atoms with Crippen LogP contribution in [0.2, 0.25) is 0 Å². The molecule has 0 atom stereocenters. The number of thioether (sulfide) groups is 1. The molecular formula is C25H21F3O4S. The molecule has 0 aliphatic heterocycles. The predicted octanol–water partition coefficient (Wildman–Crippen LogP) is 6.58. The molecule has 3 rings (SSSR count). The van der Waals surface area contributed by atoms with Crippen LogP contribution in [0.25, 0.3) is 5.57 Å². The summed E-state index contributed by atoms with van der Waals surface area (Å²) in [6.07, 6.45) is -2.93. The molecule has 0 saturated heterocycles. The molecule has 8 heteroatoms. The molecular weight excluding hydrogens is 453 g/mol. The molecule has 0 aromatic heterocycles. The van der Waals surface area contributed by atoms with Crippen LogP contribution in [-0.4, -0.2) is 29.8 Å². The SMILES string of the molecule is Cc1cc(SC/C=C(/c2ccccc2)c2ccccc2OC(F)(F)F)ccc1OCC(=O)O. The second kappa shape index (κ2) is 11.0. The normalized spacial score (nSPS) is 11.8. The fourth-order valence-electron chi connectivity index (χ4n) is 3.14. The molecule has 0 amide bonds. The largest absolute Gasteiger partial charge is 0.573 e. The quantitative estimate of drug-likeness (QED) is 0.355. The van der Waals surface area contributed by atoms with Crippen LogP contribution < -0.4 is 9.47 Å². The molecule has 0 heterocycles. The second-order valence-corrected chi connectivity index (χ2v) is 8.04. The van der Waals surface area contributed by atoms with Gasteiger partial charge >= 0.3 is 12.3 Å². The van der Waals surface area contributed by atoms with Crippen LogP contribution in [0.3, 0.4) is 0 Å². The number of alkyl halides is 3. The second-order valence-electron chi connectivity index (χ2n) is 6.95. The summed E-state index contributed by atoms with van der Waals surface area (Å²) in [6, 6.07) is 20.6. The number of carboxylic acid groups (broad SMARTS) is 1. The first-order valence-electron chi connectivity index (χ1n) is 9.92. The van der Waals surface area contributed by atoms with Crippen molar-refractivity contribution in [3.05, 3.63) is 95.6 Å². The van der Waals surface area contributed by atoms with Gasteiger partial charge in [-0.1, -0.05) is 54.6 Å². The summed E-state index contributed by atoms with van der Waals surface area (Å²) < 4.78 is 48.3. The van der Waals surface area contributed by atoms with Gasteiger partial charge in [-0.05, 0) is 47.9 Å². The maximum Gasteiger partial charge on any atom is 0.573 e. The highest BCUT2D eigenvalue weighted by Gasteiger charge is 2.32. The fourth-order valence-corrected chi connectivity index (χ4v) is 4.01. The van der Waals surface area contributed by atoms with Gasteiger partial charge < -0.3 is 14.6 Å². The molecule has 0 fully saturated rings. The number of ether oxygens (including phenoxy) is 2. The van der Waals surface area contributed by atoms with Crippen molar-refractivity contribution in [3.63, 3.8) is 0 Å². The van der Waals surface area contributed by atoms with E-state index in [9.17, 15) is 18.0 Å². The molecule has 3 aromatic rings. The Kier molecular flexibility index (Phi) is 8.06.